The van der Waals surface area contributed by atoms with E-state index in [2.05, 4.69) is 15.9 Å². The highest BCUT2D eigenvalue weighted by molar-refractivity contribution is 7.78. The molecule has 10 heteroatoms. The van der Waals surface area contributed by atoms with Gasteiger partial charge in [-0.05, 0) is 13.8 Å². The standard InChI is InChI=1S/C6H14O8P2/c1-4-11-15(9,12-5-2)6(3)16(10,13-7)14-8/h7-8H,3-5H2,1-2H3. The lowest BCUT2D eigenvalue weighted by molar-refractivity contribution is -0.205. The molecule has 0 aromatic heterocycles. The van der Waals surface area contributed by atoms with Crippen molar-refractivity contribution >= 4 is 15.2 Å². The summed E-state index contributed by atoms with van der Waals surface area (Å²) in [6.07, 6.45) is 0. The first-order valence-electron chi connectivity index (χ1n) is 4.25. The van der Waals surface area contributed by atoms with E-state index in [4.69, 9.17) is 19.6 Å². The lowest BCUT2D eigenvalue weighted by Crippen LogP contribution is -2.01. The summed E-state index contributed by atoms with van der Waals surface area (Å²) in [6.45, 7) is 6.12. The van der Waals surface area contributed by atoms with Crippen LogP contribution in [0.25, 0.3) is 0 Å². The van der Waals surface area contributed by atoms with Gasteiger partial charge in [0.15, 0.2) is 5.06 Å². The zero-order valence-electron chi connectivity index (χ0n) is 8.86. The van der Waals surface area contributed by atoms with Gasteiger partial charge in [-0.25, -0.2) is 15.1 Å². The van der Waals surface area contributed by atoms with Crippen LogP contribution in [0.5, 0.6) is 0 Å². The van der Waals surface area contributed by atoms with Gasteiger partial charge in [0.05, 0.1) is 13.2 Å². The monoisotopic (exact) mass is 276 g/mol. The van der Waals surface area contributed by atoms with Gasteiger partial charge in [0.1, 0.15) is 0 Å². The average Bonchev–Trinajstić information content (AvgIpc) is 2.27. The van der Waals surface area contributed by atoms with Gasteiger partial charge in [0.2, 0.25) is 0 Å². The zero-order chi connectivity index (χ0) is 12.8. The van der Waals surface area contributed by atoms with Crippen molar-refractivity contribution in [3.05, 3.63) is 11.6 Å². The Labute approximate surface area is 92.7 Å². The summed E-state index contributed by atoms with van der Waals surface area (Å²) in [5, 5.41) is 15.8. The van der Waals surface area contributed by atoms with E-state index in [9.17, 15) is 9.13 Å². The molecular weight excluding hydrogens is 262 g/mol. The maximum absolute atomic E-state index is 12.0. The Hall–Kier alpha value is -0.0400. The predicted octanol–water partition coefficient (Wildman–Crippen LogP) is 2.90. The minimum Gasteiger partial charge on any atom is -0.305 e. The van der Waals surface area contributed by atoms with Gasteiger partial charge in [-0.1, -0.05) is 6.58 Å². The number of rotatable bonds is 8. The SMILES string of the molecule is C=C(P(=O)(OO)OO)P(=O)(OCC)OCC. The summed E-state index contributed by atoms with van der Waals surface area (Å²) in [6, 6.07) is 0. The quantitative estimate of drug-likeness (QED) is 0.395. The van der Waals surface area contributed by atoms with E-state index < -0.39 is 20.2 Å². The first-order chi connectivity index (χ1) is 7.40. The van der Waals surface area contributed by atoms with Crippen LogP contribution in [0.1, 0.15) is 13.8 Å². The molecule has 0 amide bonds. The number of hydrogen-bond donors (Lipinski definition) is 2. The van der Waals surface area contributed by atoms with E-state index in [1.807, 2.05) is 0 Å². The Balaban J connectivity index is 5.16. The lowest BCUT2D eigenvalue weighted by atomic mass is 10.9. The van der Waals surface area contributed by atoms with E-state index >= 15 is 0 Å². The molecule has 0 aliphatic rings. The van der Waals surface area contributed by atoms with Gasteiger partial charge < -0.3 is 9.05 Å². The van der Waals surface area contributed by atoms with Crippen molar-refractivity contribution in [1.29, 1.82) is 0 Å². The minimum atomic E-state index is -4.55. The normalized spacial score (nSPS) is 12.8. The van der Waals surface area contributed by atoms with E-state index in [1.54, 1.807) is 0 Å². The molecule has 0 saturated heterocycles. The second-order valence-corrected chi connectivity index (χ2v) is 6.68. The summed E-state index contributed by atoms with van der Waals surface area (Å²) in [5.74, 6) is 0. The lowest BCUT2D eigenvalue weighted by Gasteiger charge is -2.21. The second kappa shape index (κ2) is 6.64. The van der Waals surface area contributed by atoms with E-state index in [0.717, 1.165) is 0 Å². The largest absolute Gasteiger partial charge is 0.422 e. The summed E-state index contributed by atoms with van der Waals surface area (Å²) in [7, 11) is -8.54. The molecule has 0 radical (unpaired) electrons. The Bertz CT molecular complexity index is 308. The molecule has 0 heterocycles. The van der Waals surface area contributed by atoms with Crippen molar-refractivity contribution in [1.82, 2.24) is 0 Å². The zero-order valence-corrected chi connectivity index (χ0v) is 10.6. The van der Waals surface area contributed by atoms with Crippen molar-refractivity contribution in [2.45, 2.75) is 13.8 Å². The molecular formula is C6H14O8P2. The van der Waals surface area contributed by atoms with Crippen molar-refractivity contribution in [3.8, 4) is 0 Å². The first-order valence-corrected chi connectivity index (χ1v) is 7.34. The molecule has 0 aromatic rings. The first kappa shape index (κ1) is 16.0. The Morgan fingerprint density at radius 1 is 1.06 bits per heavy atom. The Morgan fingerprint density at radius 2 is 1.44 bits per heavy atom. The van der Waals surface area contributed by atoms with Gasteiger partial charge in [-0.3, -0.25) is 4.57 Å². The van der Waals surface area contributed by atoms with Gasteiger partial charge >= 0.3 is 15.2 Å². The average molecular weight is 276 g/mol. The van der Waals surface area contributed by atoms with Gasteiger partial charge in [-0.2, -0.15) is 0 Å². The van der Waals surface area contributed by atoms with Crippen LogP contribution in [0, 0.1) is 0 Å². The topological polar surface area (TPSA) is 112 Å². The maximum Gasteiger partial charge on any atom is 0.422 e. The van der Waals surface area contributed by atoms with Gasteiger partial charge in [0.25, 0.3) is 0 Å². The number of hydrogen-bond acceptors (Lipinski definition) is 8. The van der Waals surface area contributed by atoms with Gasteiger partial charge in [-0.15, -0.1) is 9.35 Å². The molecule has 0 rings (SSSR count). The fourth-order valence-corrected chi connectivity index (χ4v) is 3.82. The summed E-state index contributed by atoms with van der Waals surface area (Å²) < 4.78 is 39.9. The summed E-state index contributed by atoms with van der Waals surface area (Å²) >= 11 is 0. The van der Waals surface area contributed by atoms with Crippen LogP contribution in [0.4, 0.5) is 0 Å². The Morgan fingerprint density at radius 3 is 1.69 bits per heavy atom. The van der Waals surface area contributed by atoms with Crippen LogP contribution in [-0.2, 0) is 27.5 Å². The highest BCUT2D eigenvalue weighted by Crippen LogP contribution is 2.72. The maximum atomic E-state index is 12.0. The third-order valence-electron chi connectivity index (χ3n) is 1.45. The molecule has 0 aliphatic heterocycles. The van der Waals surface area contributed by atoms with Crippen molar-refractivity contribution in [2.75, 3.05) is 13.2 Å². The second-order valence-electron chi connectivity index (χ2n) is 2.41. The molecule has 0 bridgehead atoms. The molecule has 96 valence electrons. The molecule has 16 heavy (non-hydrogen) atoms. The highest BCUT2D eigenvalue weighted by atomic mass is 31.2. The molecule has 0 aliphatic carbocycles. The van der Waals surface area contributed by atoms with Crippen LogP contribution in [-0.4, -0.2) is 23.7 Å². The van der Waals surface area contributed by atoms with E-state index in [0.29, 0.717) is 0 Å². The molecule has 2 N–H and O–H groups in total. The predicted molar refractivity (Wildman–Crippen MR) is 55.0 cm³/mol. The summed E-state index contributed by atoms with van der Waals surface area (Å²) in [5.41, 5.74) is 0. The molecule has 0 fully saturated rings. The van der Waals surface area contributed by atoms with E-state index in [-0.39, 0.29) is 13.2 Å². The third-order valence-corrected chi connectivity index (χ3v) is 5.81. The molecule has 0 saturated carbocycles. The van der Waals surface area contributed by atoms with Crippen LogP contribution in [0.15, 0.2) is 11.6 Å². The Kier molecular flexibility index (Phi) is 6.62. The van der Waals surface area contributed by atoms with Crippen LogP contribution < -0.4 is 0 Å². The molecule has 0 atom stereocenters. The van der Waals surface area contributed by atoms with Gasteiger partial charge in [0, 0.05) is 0 Å². The van der Waals surface area contributed by atoms with Crippen LogP contribution >= 0.6 is 15.2 Å². The van der Waals surface area contributed by atoms with Crippen LogP contribution in [0.2, 0.25) is 0 Å². The molecule has 0 spiro atoms. The van der Waals surface area contributed by atoms with Crippen LogP contribution in [0.3, 0.4) is 0 Å². The van der Waals surface area contributed by atoms with Crippen molar-refractivity contribution < 1.29 is 38.0 Å². The molecule has 0 aromatic carbocycles. The van der Waals surface area contributed by atoms with E-state index in [1.165, 1.54) is 13.8 Å². The highest BCUT2D eigenvalue weighted by Gasteiger charge is 2.45. The molecule has 0 unspecified atom stereocenters. The molecule has 8 nitrogen and oxygen atoms in total. The van der Waals surface area contributed by atoms with Crippen molar-refractivity contribution in [2.24, 2.45) is 0 Å². The fourth-order valence-electron chi connectivity index (χ4n) is 0.785. The summed E-state index contributed by atoms with van der Waals surface area (Å²) in [4.78, 5) is 0. The fraction of sp³-hybridized carbons (Fsp3) is 0.667. The third kappa shape index (κ3) is 3.48. The minimum absolute atomic E-state index is 0.0207. The smallest absolute Gasteiger partial charge is 0.305 e. The van der Waals surface area contributed by atoms with Crippen molar-refractivity contribution in [3.63, 3.8) is 0 Å².